The number of hydrogen-bond acceptors (Lipinski definition) is 1. The van der Waals surface area contributed by atoms with Crippen LogP contribution >= 0.6 is 0 Å². The topological polar surface area (TPSA) is 23.8 Å². The molecule has 2 radical (unpaired) electrons. The maximum Gasteiger partial charge on any atom is -0.174 e. The molecule has 3 heteroatoms. The van der Waals surface area contributed by atoms with E-state index in [4.69, 9.17) is 5.73 Å². The van der Waals surface area contributed by atoms with Crippen molar-refractivity contribution >= 4 is 28.1 Å². The Morgan fingerprint density at radius 3 is 1.53 bits per heavy atom. The van der Waals surface area contributed by atoms with Gasteiger partial charge in [-0.1, -0.05) is 0 Å². The molecule has 0 aromatic carbocycles. The first-order chi connectivity index (χ1) is 7.04. The van der Waals surface area contributed by atoms with Crippen LogP contribution in [0, 0.1) is 11.8 Å². The summed E-state index contributed by atoms with van der Waals surface area (Å²) >= 11 is 4.80. The molecule has 0 saturated carbocycles. The number of rotatable bonds is 7. The van der Waals surface area contributed by atoms with Crippen LogP contribution in [-0.2, 0) is 12.6 Å². The van der Waals surface area contributed by atoms with Crippen LogP contribution in [0.15, 0.2) is 0 Å². The van der Waals surface area contributed by atoms with Gasteiger partial charge in [0.05, 0.1) is 0 Å². The Kier molecular flexibility index (Phi) is 18.0. The van der Waals surface area contributed by atoms with Crippen molar-refractivity contribution in [3.05, 3.63) is 5.73 Å². The predicted octanol–water partition coefficient (Wildman–Crippen LogP) is 4.20. The maximum absolute atomic E-state index is 6.35. The Hall–Kier alpha value is 0.853. The Morgan fingerprint density at radius 2 is 1.33 bits per heavy atom. The smallest absolute Gasteiger partial charge is 0.174 e. The molecule has 1 nitrogen and oxygen atoms in total. The largest absolute Gasteiger partial charge is 0.794 e. The average Bonchev–Trinajstić information content (AvgIpc) is 2.17. The number of hydrogen-bond donors (Lipinski definition) is 0. The molecular weight excluding hydrogens is 263 g/mol. The third-order valence-electron chi connectivity index (χ3n) is 1.90. The van der Waals surface area contributed by atoms with Crippen molar-refractivity contribution < 1.29 is 0 Å². The zero-order chi connectivity index (χ0) is 12.1. The molecule has 0 aliphatic heterocycles. The minimum Gasteiger partial charge on any atom is -0.794 e. The van der Waals surface area contributed by atoms with E-state index in [0.717, 1.165) is 11.8 Å². The first-order valence-electron chi connectivity index (χ1n) is 5.98. The van der Waals surface area contributed by atoms with Gasteiger partial charge in [-0.05, 0) is 0 Å². The summed E-state index contributed by atoms with van der Waals surface area (Å²) in [5.74, 6) is 2.43. The number of nitrogens with one attached hydrogen (secondary N) is 1. The van der Waals surface area contributed by atoms with Gasteiger partial charge in [0.25, 0.3) is 0 Å². The minimum atomic E-state index is 0.384. The van der Waals surface area contributed by atoms with Gasteiger partial charge in [0, 0.05) is 0 Å². The van der Waals surface area contributed by atoms with Crippen LogP contribution < -0.4 is 0 Å². The van der Waals surface area contributed by atoms with Gasteiger partial charge in [-0.25, -0.2) is 0 Å². The molecule has 0 aliphatic carbocycles. The molecule has 0 rings (SSSR count). The van der Waals surface area contributed by atoms with E-state index in [2.05, 4.69) is 40.3 Å². The van der Waals surface area contributed by atoms with Gasteiger partial charge in [0.1, 0.15) is 0 Å². The molecule has 15 heavy (non-hydrogen) atoms. The van der Waals surface area contributed by atoms with Crippen molar-refractivity contribution in [1.29, 1.82) is 0 Å². The molecule has 0 atom stereocenters. The van der Waals surface area contributed by atoms with E-state index in [1.165, 1.54) is 12.8 Å². The molecule has 0 fully saturated rings. The van der Waals surface area contributed by atoms with Crippen molar-refractivity contribution in [3.63, 3.8) is 0 Å². The fourth-order valence-electron chi connectivity index (χ4n) is 0.906. The second kappa shape index (κ2) is 14.9. The van der Waals surface area contributed by atoms with E-state index in [1.54, 1.807) is 10.5 Å². The van der Waals surface area contributed by atoms with Crippen LogP contribution in [0.1, 0.15) is 40.5 Å². The molecular formula is C12H27GeNS-2. The average molecular weight is 290 g/mol. The first kappa shape index (κ1) is 18.2. The summed E-state index contributed by atoms with van der Waals surface area (Å²) in [5.41, 5.74) is 6.35. The molecule has 1 N–H and O–H groups in total. The molecule has 92 valence electrons. The van der Waals surface area contributed by atoms with Gasteiger partial charge in [-0.3, -0.25) is 0 Å². The van der Waals surface area contributed by atoms with Crippen molar-refractivity contribution in [2.24, 2.45) is 11.8 Å². The van der Waals surface area contributed by atoms with Gasteiger partial charge in [-0.2, -0.15) is 12.3 Å². The van der Waals surface area contributed by atoms with Crippen LogP contribution in [-0.4, -0.2) is 27.7 Å². The molecule has 0 amide bonds. The van der Waals surface area contributed by atoms with Crippen LogP contribution in [0.2, 0.25) is 10.5 Å². The molecule has 0 spiro atoms. The Morgan fingerprint density at radius 1 is 1.00 bits per heavy atom. The summed E-state index contributed by atoms with van der Waals surface area (Å²) in [4.78, 5) is 0. The quantitative estimate of drug-likeness (QED) is 0.391. The van der Waals surface area contributed by atoms with E-state index in [-0.39, 0.29) is 0 Å². The summed E-state index contributed by atoms with van der Waals surface area (Å²) < 4.78 is 0. The van der Waals surface area contributed by atoms with Gasteiger partial charge < -0.3 is 18.4 Å². The summed E-state index contributed by atoms with van der Waals surface area (Å²) in [6, 6.07) is 0. The van der Waals surface area contributed by atoms with E-state index in [0.29, 0.717) is 27.7 Å². The molecule has 0 heterocycles. The van der Waals surface area contributed by atoms with E-state index in [9.17, 15) is 0 Å². The van der Waals surface area contributed by atoms with E-state index < -0.39 is 0 Å². The molecule has 0 aliphatic rings. The van der Waals surface area contributed by atoms with Crippen LogP contribution in [0.3, 0.4) is 0 Å². The summed E-state index contributed by atoms with van der Waals surface area (Å²) in [6.07, 6.45) is 2.94. The van der Waals surface area contributed by atoms with Gasteiger partial charge >= 0.3 is 78.3 Å². The van der Waals surface area contributed by atoms with Crippen LogP contribution in [0.5, 0.6) is 0 Å². The molecule has 0 aromatic rings. The first-order valence-corrected chi connectivity index (χ1v) is 9.52. The monoisotopic (exact) mass is 291 g/mol. The maximum atomic E-state index is 6.35. The Labute approximate surface area is 109 Å². The summed E-state index contributed by atoms with van der Waals surface area (Å²) in [5, 5.41) is 3.12. The molecule has 0 saturated heterocycles. The predicted molar refractivity (Wildman–Crippen MR) is 75.7 cm³/mol. The van der Waals surface area contributed by atoms with Crippen molar-refractivity contribution in [2.45, 2.75) is 51.0 Å². The van der Waals surface area contributed by atoms with Gasteiger partial charge in [0.15, 0.2) is 0 Å². The SMILES string of the molecule is CC(C)C[CH2][Ge][CH2]CC(C)C.[NH-]CC[S-]. The standard InChI is InChI=1S/C10H22Ge.C2H6NS/c1-9(2)5-7-11-8-6-10(3)4;3-1-2-4/h9-10H,5-8H2,1-4H3;3-4H,1-2H2/q;-1/p-1. The third kappa shape index (κ3) is 25.3. The van der Waals surface area contributed by atoms with Crippen molar-refractivity contribution in [3.8, 4) is 0 Å². The zero-order valence-corrected chi connectivity index (χ0v) is 13.7. The molecule has 0 bridgehead atoms. The summed E-state index contributed by atoms with van der Waals surface area (Å²) in [6.45, 7) is 9.70. The van der Waals surface area contributed by atoms with E-state index in [1.807, 2.05) is 0 Å². The zero-order valence-electron chi connectivity index (χ0n) is 10.8. The van der Waals surface area contributed by atoms with Crippen molar-refractivity contribution in [2.75, 3.05) is 12.3 Å². The normalized spacial score (nSPS) is 10.4. The Bertz CT molecular complexity index is 95.8. The fraction of sp³-hybridized carbons (Fsp3) is 1.00. The second-order valence-electron chi connectivity index (χ2n) is 4.57. The third-order valence-corrected chi connectivity index (χ3v) is 4.80. The molecule has 0 aromatic heterocycles. The van der Waals surface area contributed by atoms with E-state index >= 15 is 0 Å². The van der Waals surface area contributed by atoms with Gasteiger partial charge in [-0.15, -0.1) is 0 Å². The fourth-order valence-corrected chi connectivity index (χ4v) is 4.71. The van der Waals surface area contributed by atoms with Crippen LogP contribution in [0.25, 0.3) is 5.73 Å². The Balaban J connectivity index is 0. The minimum absolute atomic E-state index is 0.384. The molecule has 0 unspecified atom stereocenters. The van der Waals surface area contributed by atoms with Gasteiger partial charge in [0.2, 0.25) is 0 Å². The summed E-state index contributed by atoms with van der Waals surface area (Å²) in [7, 11) is 0. The van der Waals surface area contributed by atoms with Crippen LogP contribution in [0.4, 0.5) is 0 Å². The van der Waals surface area contributed by atoms with Crippen molar-refractivity contribution in [1.82, 2.24) is 0 Å². The second-order valence-corrected chi connectivity index (χ2v) is 8.12.